The molecule has 1 aromatic carbocycles. The van der Waals surface area contributed by atoms with E-state index in [-0.39, 0.29) is 30.6 Å². The van der Waals surface area contributed by atoms with Crippen LogP contribution in [0.2, 0.25) is 0 Å². The molecule has 6 nitrogen and oxygen atoms in total. The zero-order valence-corrected chi connectivity index (χ0v) is 15.4. The average Bonchev–Trinajstić information content (AvgIpc) is 2.58. The number of hydrogen-bond donors (Lipinski definition) is 0. The van der Waals surface area contributed by atoms with Gasteiger partial charge in [-0.25, -0.2) is 4.79 Å². The van der Waals surface area contributed by atoms with Gasteiger partial charge in [0.25, 0.3) is 0 Å². The lowest BCUT2D eigenvalue weighted by Crippen LogP contribution is -2.56. The van der Waals surface area contributed by atoms with E-state index < -0.39 is 0 Å². The normalized spacial score (nSPS) is 16.7. The molecule has 3 rings (SSSR count). The van der Waals surface area contributed by atoms with Crippen LogP contribution in [0.15, 0.2) is 29.3 Å². The second kappa shape index (κ2) is 6.86. The highest BCUT2D eigenvalue weighted by Gasteiger charge is 2.37. The summed E-state index contributed by atoms with van der Waals surface area (Å²) in [5.74, 6) is 0.700. The molecular weight excluding hydrogens is 316 g/mol. The number of anilines is 1. The van der Waals surface area contributed by atoms with Crippen molar-refractivity contribution in [3.63, 3.8) is 0 Å². The van der Waals surface area contributed by atoms with Crippen molar-refractivity contribution in [2.24, 2.45) is 4.99 Å². The third-order valence-electron chi connectivity index (χ3n) is 4.65. The molecule has 0 radical (unpaired) electrons. The van der Waals surface area contributed by atoms with Crippen LogP contribution in [-0.2, 0) is 4.79 Å². The van der Waals surface area contributed by atoms with Gasteiger partial charge in [-0.05, 0) is 46.2 Å². The molecule has 0 saturated heterocycles. The fourth-order valence-electron chi connectivity index (χ4n) is 3.71. The third kappa shape index (κ3) is 3.13. The Balaban J connectivity index is 1.96. The van der Waals surface area contributed by atoms with E-state index in [1.54, 1.807) is 9.80 Å². The van der Waals surface area contributed by atoms with Crippen molar-refractivity contribution in [1.29, 1.82) is 0 Å². The summed E-state index contributed by atoms with van der Waals surface area (Å²) in [5, 5.41) is 0. The predicted octanol–water partition coefficient (Wildman–Crippen LogP) is 2.72. The van der Waals surface area contributed by atoms with Crippen molar-refractivity contribution >= 4 is 23.5 Å². The number of nitrogens with zero attached hydrogens (tertiary/aromatic N) is 4. The van der Waals surface area contributed by atoms with Crippen molar-refractivity contribution in [2.45, 2.75) is 46.2 Å². The molecule has 0 saturated carbocycles. The summed E-state index contributed by atoms with van der Waals surface area (Å²) in [6.45, 7) is 9.43. The SMILES string of the molecule is CC(C)N(C(=O)CN1C(=O)N2CCCN=C2c2ccccc21)C(C)C. The highest BCUT2D eigenvalue weighted by Crippen LogP contribution is 2.30. The molecule has 0 atom stereocenters. The molecule has 0 fully saturated rings. The first kappa shape index (κ1) is 17.5. The number of amides is 3. The number of aliphatic imine (C=N–C) groups is 1. The Kier molecular flexibility index (Phi) is 4.79. The quantitative estimate of drug-likeness (QED) is 0.845. The standard InChI is InChI=1S/C19H26N4O2/c1-13(2)23(14(3)4)17(24)12-22-16-9-6-5-8-15(16)18-20-10-7-11-21(18)19(22)25/h5-6,8-9,13-14H,7,10-12H2,1-4H3. The summed E-state index contributed by atoms with van der Waals surface area (Å²) in [6, 6.07) is 7.73. The molecule has 0 N–H and O–H groups in total. The molecule has 134 valence electrons. The number of carbonyl (C=O) groups is 2. The number of carbonyl (C=O) groups excluding carboxylic acids is 2. The molecule has 0 aliphatic carbocycles. The summed E-state index contributed by atoms with van der Waals surface area (Å²) in [5.41, 5.74) is 1.69. The van der Waals surface area contributed by atoms with Gasteiger partial charge in [0, 0.05) is 30.7 Å². The van der Waals surface area contributed by atoms with Gasteiger partial charge in [-0.1, -0.05) is 12.1 Å². The minimum atomic E-state index is -0.155. The summed E-state index contributed by atoms with van der Waals surface area (Å²) < 4.78 is 0. The second-order valence-corrected chi connectivity index (χ2v) is 7.08. The van der Waals surface area contributed by atoms with Crippen LogP contribution >= 0.6 is 0 Å². The lowest BCUT2D eigenvalue weighted by Gasteiger charge is -2.40. The second-order valence-electron chi connectivity index (χ2n) is 7.08. The molecule has 2 aliphatic rings. The zero-order valence-electron chi connectivity index (χ0n) is 15.4. The molecule has 25 heavy (non-hydrogen) atoms. The maximum Gasteiger partial charge on any atom is 0.330 e. The first-order valence-electron chi connectivity index (χ1n) is 8.96. The lowest BCUT2D eigenvalue weighted by atomic mass is 10.1. The van der Waals surface area contributed by atoms with Gasteiger partial charge in [-0.2, -0.15) is 0 Å². The van der Waals surface area contributed by atoms with Crippen LogP contribution in [0.4, 0.5) is 10.5 Å². The first-order chi connectivity index (χ1) is 11.9. The van der Waals surface area contributed by atoms with Crippen LogP contribution in [0.3, 0.4) is 0 Å². The molecular formula is C19H26N4O2. The van der Waals surface area contributed by atoms with Gasteiger partial charge in [0.2, 0.25) is 5.91 Å². The van der Waals surface area contributed by atoms with E-state index in [0.717, 1.165) is 30.1 Å². The average molecular weight is 342 g/mol. The topological polar surface area (TPSA) is 56.2 Å². The van der Waals surface area contributed by atoms with Crippen molar-refractivity contribution in [3.05, 3.63) is 29.8 Å². The van der Waals surface area contributed by atoms with Crippen molar-refractivity contribution in [3.8, 4) is 0 Å². The molecule has 0 aromatic heterocycles. The van der Waals surface area contributed by atoms with Crippen LogP contribution in [-0.4, -0.2) is 59.3 Å². The Labute approximate surface area is 149 Å². The maximum absolute atomic E-state index is 13.0. The lowest BCUT2D eigenvalue weighted by molar-refractivity contribution is -0.133. The minimum absolute atomic E-state index is 0.0365. The van der Waals surface area contributed by atoms with E-state index in [0.29, 0.717) is 6.54 Å². The van der Waals surface area contributed by atoms with Gasteiger partial charge in [-0.15, -0.1) is 0 Å². The van der Waals surface area contributed by atoms with Gasteiger partial charge in [0.1, 0.15) is 12.4 Å². The van der Waals surface area contributed by atoms with Crippen molar-refractivity contribution in [1.82, 2.24) is 9.80 Å². The monoisotopic (exact) mass is 342 g/mol. The summed E-state index contributed by atoms with van der Waals surface area (Å²) in [7, 11) is 0. The Hall–Kier alpha value is -2.37. The van der Waals surface area contributed by atoms with Crippen LogP contribution in [0.5, 0.6) is 0 Å². The minimum Gasteiger partial charge on any atom is -0.336 e. The third-order valence-corrected chi connectivity index (χ3v) is 4.65. The fourth-order valence-corrected chi connectivity index (χ4v) is 3.71. The Bertz CT molecular complexity index is 703. The molecule has 0 bridgehead atoms. The van der Waals surface area contributed by atoms with Gasteiger partial charge >= 0.3 is 6.03 Å². The maximum atomic E-state index is 13.0. The Morgan fingerprint density at radius 2 is 1.88 bits per heavy atom. The van der Waals surface area contributed by atoms with Crippen LogP contribution in [0.25, 0.3) is 0 Å². The number of rotatable bonds is 4. The number of para-hydroxylation sites is 1. The Morgan fingerprint density at radius 3 is 2.56 bits per heavy atom. The number of benzene rings is 1. The van der Waals surface area contributed by atoms with Gasteiger partial charge in [-0.3, -0.25) is 19.6 Å². The van der Waals surface area contributed by atoms with Gasteiger partial charge in [0.05, 0.1) is 5.69 Å². The van der Waals surface area contributed by atoms with Gasteiger partial charge in [0.15, 0.2) is 0 Å². The van der Waals surface area contributed by atoms with E-state index in [4.69, 9.17) is 0 Å². The van der Waals surface area contributed by atoms with E-state index in [2.05, 4.69) is 4.99 Å². The van der Waals surface area contributed by atoms with E-state index >= 15 is 0 Å². The van der Waals surface area contributed by atoms with E-state index in [9.17, 15) is 9.59 Å². The summed E-state index contributed by atoms with van der Waals surface area (Å²) in [4.78, 5) is 35.6. The van der Waals surface area contributed by atoms with Crippen molar-refractivity contribution < 1.29 is 9.59 Å². The van der Waals surface area contributed by atoms with Crippen LogP contribution < -0.4 is 4.90 Å². The molecule has 2 aliphatic heterocycles. The molecule has 0 spiro atoms. The van der Waals surface area contributed by atoms with Crippen LogP contribution in [0, 0.1) is 0 Å². The Morgan fingerprint density at radius 1 is 1.20 bits per heavy atom. The first-order valence-corrected chi connectivity index (χ1v) is 8.96. The molecule has 0 unspecified atom stereocenters. The van der Waals surface area contributed by atoms with Crippen molar-refractivity contribution in [2.75, 3.05) is 24.5 Å². The zero-order chi connectivity index (χ0) is 18.1. The largest absolute Gasteiger partial charge is 0.336 e. The molecule has 2 heterocycles. The highest BCUT2D eigenvalue weighted by molar-refractivity contribution is 6.20. The molecule has 6 heteroatoms. The smallest absolute Gasteiger partial charge is 0.330 e. The van der Waals surface area contributed by atoms with Crippen LogP contribution in [0.1, 0.15) is 39.7 Å². The summed E-state index contributed by atoms with van der Waals surface area (Å²) in [6.07, 6.45) is 0.851. The number of urea groups is 1. The number of amidine groups is 1. The molecule has 3 amide bonds. The summed E-state index contributed by atoms with van der Waals surface area (Å²) >= 11 is 0. The molecule has 1 aromatic rings. The van der Waals surface area contributed by atoms with E-state index in [1.165, 1.54) is 0 Å². The fraction of sp³-hybridized carbons (Fsp3) is 0.526. The van der Waals surface area contributed by atoms with E-state index in [1.807, 2.05) is 56.9 Å². The number of fused-ring (bicyclic) bond motifs is 3. The number of hydrogen-bond acceptors (Lipinski definition) is 3. The predicted molar refractivity (Wildman–Crippen MR) is 99.0 cm³/mol. The highest BCUT2D eigenvalue weighted by atomic mass is 16.2. The van der Waals surface area contributed by atoms with Gasteiger partial charge < -0.3 is 4.90 Å².